The van der Waals surface area contributed by atoms with E-state index < -0.39 is 22.0 Å². The highest BCUT2D eigenvalue weighted by molar-refractivity contribution is 7.85. The van der Waals surface area contributed by atoms with Crippen LogP contribution in [0.25, 0.3) is 0 Å². The molecule has 0 saturated heterocycles. The van der Waals surface area contributed by atoms with Gasteiger partial charge in [-0.2, -0.15) is 8.42 Å². The summed E-state index contributed by atoms with van der Waals surface area (Å²) < 4.78 is 35.4. The van der Waals surface area contributed by atoms with Gasteiger partial charge in [-0.05, 0) is 42.5 Å². The van der Waals surface area contributed by atoms with Crippen molar-refractivity contribution in [2.75, 3.05) is 18.2 Å². The van der Waals surface area contributed by atoms with Gasteiger partial charge in [0, 0.05) is 16.9 Å². The van der Waals surface area contributed by atoms with Crippen LogP contribution in [0.15, 0.2) is 47.4 Å². The maximum absolute atomic E-state index is 12.1. The summed E-state index contributed by atoms with van der Waals surface area (Å²) in [4.78, 5) is 23.3. The predicted molar refractivity (Wildman–Crippen MR) is 86.4 cm³/mol. The van der Waals surface area contributed by atoms with Crippen molar-refractivity contribution in [3.8, 4) is 0 Å². The summed E-state index contributed by atoms with van der Waals surface area (Å²) in [5.41, 5.74) is 6.49. The van der Waals surface area contributed by atoms with Crippen LogP contribution in [-0.2, 0) is 14.9 Å². The number of nitrogens with one attached hydrogen (secondary N) is 1. The van der Waals surface area contributed by atoms with E-state index in [0.717, 1.165) is 12.1 Å². The smallest absolute Gasteiger partial charge is 0.339 e. The Morgan fingerprint density at radius 1 is 1.12 bits per heavy atom. The van der Waals surface area contributed by atoms with Crippen LogP contribution in [-0.4, -0.2) is 32.0 Å². The summed E-state index contributed by atoms with van der Waals surface area (Å²) in [7, 11) is -3.07. The molecule has 4 N–H and O–H groups in total. The average Bonchev–Trinajstić information content (AvgIpc) is 2.53. The first-order chi connectivity index (χ1) is 11.2. The molecule has 126 valence electrons. The third-order valence-corrected chi connectivity index (χ3v) is 4.00. The highest BCUT2D eigenvalue weighted by Gasteiger charge is 2.14. The molecule has 0 aliphatic rings. The maximum atomic E-state index is 12.1. The quantitative estimate of drug-likeness (QED) is 0.432. The van der Waals surface area contributed by atoms with Crippen molar-refractivity contribution in [2.24, 2.45) is 0 Å². The fraction of sp³-hybridized carbons (Fsp3) is 0.0667. The van der Waals surface area contributed by atoms with Gasteiger partial charge in [-0.1, -0.05) is 0 Å². The van der Waals surface area contributed by atoms with Crippen LogP contribution in [0.2, 0.25) is 0 Å². The van der Waals surface area contributed by atoms with Gasteiger partial charge in [-0.15, -0.1) is 0 Å². The number of nitrogens with two attached hydrogens (primary N) is 1. The molecule has 0 atom stereocenters. The van der Waals surface area contributed by atoms with Gasteiger partial charge in [0.05, 0.1) is 17.6 Å². The molecular weight excluding hydrogens is 336 g/mol. The van der Waals surface area contributed by atoms with Gasteiger partial charge in [0.15, 0.2) is 0 Å². The Balaban J connectivity index is 2.18. The first-order valence-corrected chi connectivity index (χ1v) is 8.03. The van der Waals surface area contributed by atoms with E-state index in [0.29, 0.717) is 5.69 Å². The Morgan fingerprint density at radius 2 is 1.75 bits per heavy atom. The van der Waals surface area contributed by atoms with Gasteiger partial charge in [-0.3, -0.25) is 9.35 Å². The summed E-state index contributed by atoms with van der Waals surface area (Å²) in [6.45, 7) is 0. The van der Waals surface area contributed by atoms with Gasteiger partial charge in [0.25, 0.3) is 16.0 Å². The number of esters is 1. The van der Waals surface area contributed by atoms with Crippen LogP contribution in [0, 0.1) is 0 Å². The van der Waals surface area contributed by atoms with E-state index in [2.05, 4.69) is 10.1 Å². The van der Waals surface area contributed by atoms with Crippen LogP contribution in [0.3, 0.4) is 0 Å². The van der Waals surface area contributed by atoms with Gasteiger partial charge in [-0.25, -0.2) is 4.79 Å². The lowest BCUT2D eigenvalue weighted by Gasteiger charge is -2.08. The fourth-order valence-corrected chi connectivity index (χ4v) is 2.39. The maximum Gasteiger partial charge on any atom is 0.339 e. The van der Waals surface area contributed by atoms with Crippen molar-refractivity contribution in [3.05, 3.63) is 53.6 Å². The first-order valence-electron chi connectivity index (χ1n) is 6.59. The fourth-order valence-electron chi connectivity index (χ4n) is 1.91. The normalized spacial score (nSPS) is 10.9. The lowest BCUT2D eigenvalue weighted by atomic mass is 10.1. The minimum absolute atomic E-state index is 0.0937. The summed E-state index contributed by atoms with van der Waals surface area (Å²) in [5, 5.41) is 2.54. The van der Waals surface area contributed by atoms with E-state index >= 15 is 0 Å². The number of hydrogen-bond acceptors (Lipinski definition) is 6. The Hall–Kier alpha value is -2.91. The molecule has 8 nitrogen and oxygen atoms in total. The Bertz CT molecular complexity index is 891. The minimum atomic E-state index is -4.29. The summed E-state index contributed by atoms with van der Waals surface area (Å²) in [6.07, 6.45) is 0. The molecule has 2 aromatic carbocycles. The Labute approximate surface area is 138 Å². The highest BCUT2D eigenvalue weighted by Crippen LogP contribution is 2.18. The van der Waals surface area contributed by atoms with Crippen LogP contribution in [0.5, 0.6) is 0 Å². The van der Waals surface area contributed by atoms with Gasteiger partial charge < -0.3 is 15.8 Å². The number of methoxy groups -OCH3 is 1. The molecule has 0 aliphatic heterocycles. The monoisotopic (exact) mass is 350 g/mol. The summed E-state index contributed by atoms with van der Waals surface area (Å²) in [5.74, 6) is -1.11. The molecule has 0 fully saturated rings. The molecule has 0 aromatic heterocycles. The number of rotatable bonds is 4. The summed E-state index contributed by atoms with van der Waals surface area (Å²) >= 11 is 0. The van der Waals surface area contributed by atoms with Gasteiger partial charge in [0.1, 0.15) is 0 Å². The lowest BCUT2D eigenvalue weighted by Crippen LogP contribution is -2.14. The Morgan fingerprint density at radius 3 is 2.25 bits per heavy atom. The molecule has 0 radical (unpaired) electrons. The number of ether oxygens (including phenoxy) is 1. The SMILES string of the molecule is COC(=O)c1ccc(C(=O)Nc2ccc(S(=O)(=O)O)cc2)cc1N. The molecule has 0 bridgehead atoms. The number of anilines is 2. The molecule has 1 amide bonds. The number of benzene rings is 2. The van der Waals surface area contributed by atoms with Crippen molar-refractivity contribution in [2.45, 2.75) is 4.90 Å². The highest BCUT2D eigenvalue weighted by atomic mass is 32.2. The topological polar surface area (TPSA) is 136 Å². The molecule has 2 rings (SSSR count). The van der Waals surface area contributed by atoms with E-state index in [1.165, 1.54) is 37.4 Å². The van der Waals surface area contributed by atoms with Gasteiger partial charge in [0.2, 0.25) is 0 Å². The third-order valence-electron chi connectivity index (χ3n) is 3.13. The average molecular weight is 350 g/mol. The van der Waals surface area contributed by atoms with Gasteiger partial charge >= 0.3 is 5.97 Å². The van der Waals surface area contributed by atoms with Crippen molar-refractivity contribution in [3.63, 3.8) is 0 Å². The molecule has 0 heterocycles. The number of carbonyl (C=O) groups excluding carboxylic acids is 2. The van der Waals surface area contributed by atoms with Crippen molar-refractivity contribution >= 4 is 33.4 Å². The van der Waals surface area contributed by atoms with Crippen LogP contribution < -0.4 is 11.1 Å². The number of carbonyl (C=O) groups is 2. The second kappa shape index (κ2) is 6.69. The predicted octanol–water partition coefficient (Wildman–Crippen LogP) is 1.55. The second-order valence-electron chi connectivity index (χ2n) is 4.75. The first kappa shape index (κ1) is 17.4. The molecule has 0 spiro atoms. The molecule has 0 saturated carbocycles. The van der Waals surface area contributed by atoms with E-state index in [9.17, 15) is 18.0 Å². The molecule has 24 heavy (non-hydrogen) atoms. The molecule has 0 unspecified atom stereocenters. The zero-order valence-corrected chi connectivity index (χ0v) is 13.3. The third kappa shape index (κ3) is 3.89. The van der Waals surface area contributed by atoms with Crippen LogP contribution in [0.4, 0.5) is 11.4 Å². The number of amides is 1. The molecule has 2 aromatic rings. The summed E-state index contributed by atoms with van der Waals surface area (Å²) in [6, 6.07) is 9.07. The van der Waals surface area contributed by atoms with E-state index in [-0.39, 0.29) is 21.7 Å². The standard InChI is InChI=1S/C15H14N2O6S/c1-23-15(19)12-7-2-9(8-13(12)16)14(18)17-10-3-5-11(6-4-10)24(20,21)22/h2-8H,16H2,1H3,(H,17,18)(H,20,21,22). The second-order valence-corrected chi connectivity index (χ2v) is 6.17. The largest absolute Gasteiger partial charge is 0.465 e. The molecule has 0 aliphatic carbocycles. The zero-order chi connectivity index (χ0) is 17.9. The number of hydrogen-bond donors (Lipinski definition) is 3. The van der Waals surface area contributed by atoms with Crippen LogP contribution >= 0.6 is 0 Å². The lowest BCUT2D eigenvalue weighted by molar-refractivity contribution is 0.0601. The van der Waals surface area contributed by atoms with E-state index in [1.807, 2.05) is 0 Å². The Kier molecular flexibility index (Phi) is 4.86. The molecule has 9 heteroatoms. The van der Waals surface area contributed by atoms with Crippen molar-refractivity contribution in [1.82, 2.24) is 0 Å². The molecular formula is C15H14N2O6S. The zero-order valence-electron chi connectivity index (χ0n) is 12.5. The van der Waals surface area contributed by atoms with E-state index in [4.69, 9.17) is 10.3 Å². The van der Waals surface area contributed by atoms with Crippen molar-refractivity contribution < 1.29 is 27.3 Å². The minimum Gasteiger partial charge on any atom is -0.465 e. The van der Waals surface area contributed by atoms with Crippen LogP contribution in [0.1, 0.15) is 20.7 Å². The van der Waals surface area contributed by atoms with Crippen molar-refractivity contribution in [1.29, 1.82) is 0 Å². The number of nitrogen functional groups attached to an aromatic ring is 1. The van der Waals surface area contributed by atoms with E-state index in [1.54, 1.807) is 0 Å².